The molecular formula is C23H32S3. The Morgan fingerprint density at radius 3 is 1.69 bits per heavy atom. The first kappa shape index (κ1) is 21.8. The first-order valence-corrected chi connectivity index (χ1v) is 12.7. The fourth-order valence-electron chi connectivity index (χ4n) is 3.62. The van der Waals surface area contributed by atoms with Crippen LogP contribution < -0.4 is 0 Å². The lowest BCUT2D eigenvalue weighted by Gasteiger charge is -2.30. The van der Waals surface area contributed by atoms with E-state index in [-0.39, 0.29) is 10.8 Å². The Labute approximate surface area is 173 Å². The van der Waals surface area contributed by atoms with Crippen LogP contribution in [0.3, 0.4) is 0 Å². The van der Waals surface area contributed by atoms with Gasteiger partial charge in [0.2, 0.25) is 0 Å². The van der Waals surface area contributed by atoms with Crippen LogP contribution in [0.5, 0.6) is 0 Å². The molecule has 0 aliphatic rings. The van der Waals surface area contributed by atoms with Crippen LogP contribution in [0.4, 0.5) is 0 Å². The Kier molecular flexibility index (Phi) is 7.26. The second-order valence-corrected chi connectivity index (χ2v) is 10.9. The summed E-state index contributed by atoms with van der Waals surface area (Å²) >= 11 is 5.60. The molecule has 2 aromatic rings. The first-order valence-electron chi connectivity index (χ1n) is 9.03. The zero-order valence-corrected chi connectivity index (χ0v) is 19.8. The van der Waals surface area contributed by atoms with Crippen LogP contribution in [-0.4, -0.2) is 18.8 Å². The van der Waals surface area contributed by atoms with Gasteiger partial charge in [-0.1, -0.05) is 52.8 Å². The van der Waals surface area contributed by atoms with E-state index >= 15 is 0 Å². The molecule has 142 valence electrons. The van der Waals surface area contributed by atoms with E-state index < -0.39 is 0 Å². The topological polar surface area (TPSA) is 0 Å². The van der Waals surface area contributed by atoms with Crippen molar-refractivity contribution in [3.63, 3.8) is 0 Å². The monoisotopic (exact) mass is 404 g/mol. The summed E-state index contributed by atoms with van der Waals surface area (Å²) in [5, 5.41) is 0. The van der Waals surface area contributed by atoms with Crippen molar-refractivity contribution in [2.75, 3.05) is 18.8 Å². The maximum Gasteiger partial charge on any atom is 0.0120 e. The minimum absolute atomic E-state index is 0.105. The average Bonchev–Trinajstić information content (AvgIpc) is 2.59. The van der Waals surface area contributed by atoms with E-state index in [4.69, 9.17) is 0 Å². The lowest BCUT2D eigenvalue weighted by molar-refractivity contribution is 0.509. The van der Waals surface area contributed by atoms with E-state index in [1.54, 1.807) is 0 Å². The third kappa shape index (κ3) is 4.85. The third-order valence-electron chi connectivity index (χ3n) is 4.80. The molecule has 0 unspecified atom stereocenters. The molecule has 0 fully saturated rings. The molecular weight excluding hydrogens is 372 g/mol. The quantitative estimate of drug-likeness (QED) is 0.453. The molecule has 0 radical (unpaired) electrons. The van der Waals surface area contributed by atoms with Crippen molar-refractivity contribution in [2.45, 2.75) is 66.6 Å². The molecule has 0 nitrogen and oxygen atoms in total. The Morgan fingerprint density at radius 1 is 0.731 bits per heavy atom. The van der Waals surface area contributed by atoms with Crippen LogP contribution in [0.1, 0.15) is 51.3 Å². The smallest absolute Gasteiger partial charge is 0.0120 e. The van der Waals surface area contributed by atoms with Crippen molar-refractivity contribution >= 4 is 35.3 Å². The molecule has 0 saturated heterocycles. The van der Waals surface area contributed by atoms with Crippen LogP contribution in [0.25, 0.3) is 0 Å². The third-order valence-corrected chi connectivity index (χ3v) is 7.12. The van der Waals surface area contributed by atoms with Crippen LogP contribution in [0.2, 0.25) is 0 Å². The molecule has 0 spiro atoms. The molecule has 26 heavy (non-hydrogen) atoms. The molecule has 2 rings (SSSR count). The van der Waals surface area contributed by atoms with Crippen LogP contribution in [0.15, 0.2) is 51.1 Å². The number of hydrogen-bond acceptors (Lipinski definition) is 3. The maximum absolute atomic E-state index is 2.43. The Morgan fingerprint density at radius 2 is 1.23 bits per heavy atom. The van der Waals surface area contributed by atoms with Gasteiger partial charge in [-0.25, -0.2) is 0 Å². The van der Waals surface area contributed by atoms with Gasteiger partial charge >= 0.3 is 0 Å². The van der Waals surface area contributed by atoms with Crippen molar-refractivity contribution in [2.24, 2.45) is 0 Å². The lowest BCUT2D eigenvalue weighted by Crippen LogP contribution is -2.22. The van der Waals surface area contributed by atoms with E-state index in [1.165, 1.54) is 31.4 Å². The van der Waals surface area contributed by atoms with Crippen molar-refractivity contribution in [3.05, 3.63) is 53.1 Å². The molecule has 2 aromatic carbocycles. The van der Waals surface area contributed by atoms with Gasteiger partial charge in [0.15, 0.2) is 0 Å². The van der Waals surface area contributed by atoms with Gasteiger partial charge in [0.1, 0.15) is 0 Å². The van der Waals surface area contributed by atoms with Crippen molar-refractivity contribution < 1.29 is 0 Å². The van der Waals surface area contributed by atoms with Gasteiger partial charge in [-0.15, -0.1) is 35.3 Å². The molecule has 0 atom stereocenters. The van der Waals surface area contributed by atoms with Crippen molar-refractivity contribution in [1.29, 1.82) is 0 Å². The molecule has 0 bridgehead atoms. The van der Waals surface area contributed by atoms with Crippen LogP contribution in [-0.2, 0) is 17.3 Å². The van der Waals surface area contributed by atoms with Gasteiger partial charge < -0.3 is 0 Å². The van der Waals surface area contributed by atoms with Gasteiger partial charge in [0, 0.05) is 14.7 Å². The molecule has 0 saturated carbocycles. The first-order chi connectivity index (χ1) is 12.1. The summed E-state index contributed by atoms with van der Waals surface area (Å²) in [6.07, 6.45) is 7.63. The fourth-order valence-corrected chi connectivity index (χ4v) is 6.24. The largest absolute Gasteiger partial charge is 0.129 e. The SMILES string of the molecule is CSc1ccccc1C(C)(C)Cc1cc(SC)c(C(C)(C)C)c(SC)c1. The van der Waals surface area contributed by atoms with Gasteiger partial charge in [0.25, 0.3) is 0 Å². The zero-order chi connectivity index (χ0) is 19.5. The van der Waals surface area contributed by atoms with Gasteiger partial charge in [-0.2, -0.15) is 0 Å². The van der Waals surface area contributed by atoms with E-state index in [0.717, 1.165) is 6.42 Å². The molecule has 0 heterocycles. The normalized spacial score (nSPS) is 12.5. The molecule has 0 aliphatic heterocycles. The second kappa shape index (κ2) is 8.67. The predicted octanol–water partition coefficient (Wildman–Crippen LogP) is 7.67. The van der Waals surface area contributed by atoms with Gasteiger partial charge in [-0.05, 0) is 70.9 Å². The van der Waals surface area contributed by atoms with Crippen molar-refractivity contribution in [3.8, 4) is 0 Å². The van der Waals surface area contributed by atoms with Crippen molar-refractivity contribution in [1.82, 2.24) is 0 Å². The number of benzene rings is 2. The summed E-state index contributed by atoms with van der Waals surface area (Å²) in [5.41, 5.74) is 4.64. The Bertz CT molecular complexity index is 729. The summed E-state index contributed by atoms with van der Waals surface area (Å²) in [5.74, 6) is 0. The Hall–Kier alpha value is -0.510. The van der Waals surface area contributed by atoms with E-state index in [9.17, 15) is 0 Å². The summed E-state index contributed by atoms with van der Waals surface area (Å²) in [6.45, 7) is 11.7. The van der Waals surface area contributed by atoms with E-state index in [1.807, 2.05) is 35.3 Å². The minimum Gasteiger partial charge on any atom is -0.129 e. The molecule has 0 aliphatic carbocycles. The van der Waals surface area contributed by atoms with Gasteiger partial charge in [-0.3, -0.25) is 0 Å². The van der Waals surface area contributed by atoms with Gasteiger partial charge in [0.05, 0.1) is 0 Å². The fraction of sp³-hybridized carbons (Fsp3) is 0.478. The molecule has 0 aromatic heterocycles. The Balaban J connectivity index is 2.49. The lowest BCUT2D eigenvalue weighted by atomic mass is 9.78. The highest BCUT2D eigenvalue weighted by Gasteiger charge is 2.27. The maximum atomic E-state index is 2.43. The zero-order valence-electron chi connectivity index (χ0n) is 17.4. The highest BCUT2D eigenvalue weighted by Crippen LogP contribution is 2.41. The summed E-state index contributed by atoms with van der Waals surface area (Å²) < 4.78 is 0. The molecule has 0 amide bonds. The summed E-state index contributed by atoms with van der Waals surface area (Å²) in [6, 6.07) is 13.7. The standard InChI is InChI=1S/C23H32S3/c1-22(2,3)21-19(25-7)13-16(14-20(21)26-8)15-23(4,5)17-11-9-10-12-18(17)24-6/h9-14H,15H2,1-8H3. The number of thioether (sulfide) groups is 3. The molecule has 0 N–H and O–H groups in total. The summed E-state index contributed by atoms with van der Waals surface area (Å²) in [7, 11) is 0. The average molecular weight is 405 g/mol. The number of rotatable bonds is 6. The second-order valence-electron chi connectivity index (χ2n) is 8.39. The van der Waals surface area contributed by atoms with Crippen LogP contribution in [0, 0.1) is 0 Å². The van der Waals surface area contributed by atoms with E-state index in [2.05, 4.69) is 89.8 Å². The predicted molar refractivity (Wildman–Crippen MR) is 124 cm³/mol. The minimum atomic E-state index is 0.105. The van der Waals surface area contributed by atoms with Crippen LogP contribution >= 0.6 is 35.3 Å². The number of hydrogen-bond donors (Lipinski definition) is 0. The van der Waals surface area contributed by atoms with E-state index in [0.29, 0.717) is 0 Å². The molecule has 3 heteroatoms. The summed E-state index contributed by atoms with van der Waals surface area (Å²) in [4.78, 5) is 4.24. The highest BCUT2D eigenvalue weighted by atomic mass is 32.2. The highest BCUT2D eigenvalue weighted by molar-refractivity contribution is 7.99.